The average molecular weight is 526 g/mol. The molecular formula is C27H35N5O4S. The predicted molar refractivity (Wildman–Crippen MR) is 143 cm³/mol. The van der Waals surface area contributed by atoms with Crippen LogP contribution in [0.2, 0.25) is 0 Å². The first kappa shape index (κ1) is 25.8. The van der Waals surface area contributed by atoms with Crippen LogP contribution in [0.4, 0.5) is 5.13 Å². The molecule has 4 heterocycles. The van der Waals surface area contributed by atoms with E-state index in [1.807, 2.05) is 26.0 Å². The van der Waals surface area contributed by atoms with Gasteiger partial charge < -0.3 is 24.8 Å². The third-order valence-electron chi connectivity index (χ3n) is 7.41. The summed E-state index contributed by atoms with van der Waals surface area (Å²) in [5.41, 5.74) is 2.33. The van der Waals surface area contributed by atoms with E-state index in [9.17, 15) is 14.4 Å². The number of piperazine rings is 1. The van der Waals surface area contributed by atoms with Crippen LogP contribution in [-0.4, -0.2) is 96.9 Å². The number of hydrogen-bond donors (Lipinski definition) is 1. The molecule has 9 nitrogen and oxygen atoms in total. The van der Waals surface area contributed by atoms with Gasteiger partial charge in [-0.15, -0.1) is 11.3 Å². The summed E-state index contributed by atoms with van der Waals surface area (Å²) in [5.74, 6) is -0.362. The van der Waals surface area contributed by atoms with Gasteiger partial charge in [0, 0.05) is 49.2 Å². The lowest BCUT2D eigenvalue weighted by Crippen LogP contribution is -2.52. The van der Waals surface area contributed by atoms with Crippen LogP contribution in [0, 0.1) is 5.92 Å². The van der Waals surface area contributed by atoms with E-state index >= 15 is 0 Å². The maximum atomic E-state index is 13.4. The minimum Gasteiger partial charge on any atom is -0.368 e. The van der Waals surface area contributed by atoms with Crippen LogP contribution in [0.3, 0.4) is 0 Å². The lowest BCUT2D eigenvalue weighted by molar-refractivity contribution is -0.138. The first-order valence-corrected chi connectivity index (χ1v) is 13.9. The molecule has 3 fully saturated rings. The highest BCUT2D eigenvalue weighted by molar-refractivity contribution is 7.14. The van der Waals surface area contributed by atoms with E-state index in [1.54, 1.807) is 28.4 Å². The smallest absolute Gasteiger partial charge is 0.251 e. The summed E-state index contributed by atoms with van der Waals surface area (Å²) in [4.78, 5) is 49.9. The van der Waals surface area contributed by atoms with Crippen LogP contribution in [0.1, 0.15) is 37.0 Å². The van der Waals surface area contributed by atoms with Gasteiger partial charge in [0.05, 0.1) is 11.8 Å². The number of thiazole rings is 1. The highest BCUT2D eigenvalue weighted by Crippen LogP contribution is 2.29. The van der Waals surface area contributed by atoms with Gasteiger partial charge in [-0.05, 0) is 37.9 Å². The van der Waals surface area contributed by atoms with Crippen LogP contribution in [0.25, 0.3) is 11.3 Å². The molecule has 10 heteroatoms. The van der Waals surface area contributed by atoms with Gasteiger partial charge in [-0.2, -0.15) is 0 Å². The van der Waals surface area contributed by atoms with Gasteiger partial charge in [0.25, 0.3) is 5.91 Å². The molecule has 0 spiro atoms. The van der Waals surface area contributed by atoms with E-state index < -0.39 is 12.1 Å². The Bertz CT molecular complexity index is 1140. The fraction of sp³-hybridized carbons (Fsp3) is 0.556. The number of carbonyl (C=O) groups excluding carboxylic acids is 3. The molecule has 1 N–H and O–H groups in total. The van der Waals surface area contributed by atoms with Crippen molar-refractivity contribution in [2.75, 3.05) is 51.3 Å². The molecule has 0 aliphatic carbocycles. The van der Waals surface area contributed by atoms with E-state index in [1.165, 1.54) is 0 Å². The van der Waals surface area contributed by atoms with Crippen LogP contribution in [0.5, 0.6) is 0 Å². The number of carbonyl (C=O) groups is 3. The Morgan fingerprint density at radius 2 is 1.86 bits per heavy atom. The number of nitrogens with one attached hydrogen (secondary N) is 1. The van der Waals surface area contributed by atoms with Crippen molar-refractivity contribution in [3.8, 4) is 11.3 Å². The Balaban J connectivity index is 1.25. The number of likely N-dealkylation sites (N-methyl/N-ethyl adjacent to an activating group) is 1. The van der Waals surface area contributed by atoms with Gasteiger partial charge in [0.15, 0.2) is 10.9 Å². The number of likely N-dealkylation sites (tertiary alicyclic amines) is 1. The minimum atomic E-state index is -0.691. The Morgan fingerprint density at radius 3 is 2.57 bits per heavy atom. The van der Waals surface area contributed by atoms with Crippen molar-refractivity contribution in [1.82, 2.24) is 20.1 Å². The molecule has 0 unspecified atom stereocenters. The Kier molecular flexibility index (Phi) is 7.60. The van der Waals surface area contributed by atoms with Gasteiger partial charge in [0.2, 0.25) is 5.91 Å². The second kappa shape index (κ2) is 10.9. The standard InChI is InChI=1S/C27H35N5O4S/c1-17(2)14-20(26(35)32-9-8-23-24(32)22(33)15-36-23)28-25(34)19-6-4-18(5-7-19)21-16-37-27(29-21)31-12-10-30(3)11-13-31/h4-7,16-17,20,23-24H,8-15H2,1-3H3,(H,28,34)/t20-,23+,24+/m0/s1. The number of fused-ring (bicyclic) bond motifs is 1. The van der Waals surface area contributed by atoms with Gasteiger partial charge in [-0.25, -0.2) is 4.98 Å². The normalized spacial score (nSPS) is 23.0. The predicted octanol–water partition coefficient (Wildman–Crippen LogP) is 2.28. The average Bonchev–Trinajstić information content (AvgIpc) is 3.62. The Labute approximate surface area is 221 Å². The lowest BCUT2D eigenvalue weighted by Gasteiger charge is -2.32. The molecule has 198 valence electrons. The highest BCUT2D eigenvalue weighted by atomic mass is 32.1. The maximum Gasteiger partial charge on any atom is 0.251 e. The fourth-order valence-corrected chi connectivity index (χ4v) is 6.20. The number of amides is 2. The topological polar surface area (TPSA) is 95.1 Å². The molecule has 1 aromatic heterocycles. The Morgan fingerprint density at radius 1 is 1.14 bits per heavy atom. The highest BCUT2D eigenvalue weighted by Gasteiger charge is 2.48. The molecule has 3 atom stereocenters. The molecule has 37 heavy (non-hydrogen) atoms. The molecule has 0 bridgehead atoms. The van der Waals surface area contributed by atoms with Crippen molar-refractivity contribution >= 4 is 34.1 Å². The minimum absolute atomic E-state index is 0.0566. The fourth-order valence-electron chi connectivity index (χ4n) is 5.31. The summed E-state index contributed by atoms with van der Waals surface area (Å²) < 4.78 is 5.53. The number of anilines is 1. The molecule has 3 aliphatic heterocycles. The number of nitrogens with zero attached hydrogens (tertiary/aromatic N) is 4. The van der Waals surface area contributed by atoms with Crippen molar-refractivity contribution < 1.29 is 19.1 Å². The number of benzene rings is 1. The number of aromatic nitrogens is 1. The number of ketones is 1. The van der Waals surface area contributed by atoms with Gasteiger partial charge in [-0.1, -0.05) is 26.0 Å². The summed E-state index contributed by atoms with van der Waals surface area (Å²) >= 11 is 1.64. The van der Waals surface area contributed by atoms with Crippen molar-refractivity contribution in [2.24, 2.45) is 5.92 Å². The first-order valence-electron chi connectivity index (χ1n) is 13.0. The van der Waals surface area contributed by atoms with Crippen molar-refractivity contribution in [1.29, 1.82) is 0 Å². The van der Waals surface area contributed by atoms with E-state index in [4.69, 9.17) is 9.72 Å². The summed E-state index contributed by atoms with van der Waals surface area (Å²) in [5, 5.41) is 6.02. The molecule has 0 radical (unpaired) electrons. The summed E-state index contributed by atoms with van der Waals surface area (Å²) in [6, 6.07) is 6.14. The molecule has 1 aromatic carbocycles. The zero-order valence-corrected chi connectivity index (χ0v) is 22.5. The van der Waals surface area contributed by atoms with E-state index in [0.29, 0.717) is 24.9 Å². The van der Waals surface area contributed by atoms with E-state index in [2.05, 4.69) is 27.5 Å². The zero-order valence-electron chi connectivity index (χ0n) is 21.7. The monoisotopic (exact) mass is 525 g/mol. The van der Waals surface area contributed by atoms with E-state index in [0.717, 1.165) is 42.6 Å². The van der Waals surface area contributed by atoms with Crippen LogP contribution < -0.4 is 10.2 Å². The molecule has 3 saturated heterocycles. The molecule has 2 amide bonds. The SMILES string of the molecule is CC(C)C[C@H](NC(=O)c1ccc(-c2csc(N3CCN(C)CC3)n2)cc1)C(=O)N1CC[C@H]2OCC(=O)[C@H]21. The van der Waals surface area contributed by atoms with Crippen LogP contribution >= 0.6 is 11.3 Å². The summed E-state index contributed by atoms with van der Waals surface area (Å²) in [6.45, 7) is 8.57. The third kappa shape index (κ3) is 5.56. The van der Waals surface area contributed by atoms with Gasteiger partial charge in [-0.3, -0.25) is 14.4 Å². The first-order chi connectivity index (χ1) is 17.8. The van der Waals surface area contributed by atoms with Crippen molar-refractivity contribution in [2.45, 2.75) is 44.9 Å². The van der Waals surface area contributed by atoms with Crippen LogP contribution in [-0.2, 0) is 14.3 Å². The molecule has 0 saturated carbocycles. The molecule has 5 rings (SSSR count). The largest absolute Gasteiger partial charge is 0.368 e. The van der Waals surface area contributed by atoms with Crippen molar-refractivity contribution in [3.05, 3.63) is 35.2 Å². The third-order valence-corrected chi connectivity index (χ3v) is 8.32. The maximum absolute atomic E-state index is 13.4. The van der Waals surface area contributed by atoms with Crippen molar-refractivity contribution in [3.63, 3.8) is 0 Å². The zero-order chi connectivity index (χ0) is 26.1. The van der Waals surface area contributed by atoms with Crippen LogP contribution in [0.15, 0.2) is 29.6 Å². The number of ether oxygens (including phenoxy) is 1. The van der Waals surface area contributed by atoms with Gasteiger partial charge >= 0.3 is 0 Å². The lowest BCUT2D eigenvalue weighted by atomic mass is 10.0. The number of rotatable bonds is 7. The second-order valence-corrected chi connectivity index (χ2v) is 11.5. The van der Waals surface area contributed by atoms with Gasteiger partial charge in [0.1, 0.15) is 18.7 Å². The summed E-state index contributed by atoms with van der Waals surface area (Å²) in [7, 11) is 2.14. The molecule has 2 aromatic rings. The number of hydrogen-bond acceptors (Lipinski definition) is 8. The summed E-state index contributed by atoms with van der Waals surface area (Å²) in [6.07, 6.45) is 0.931. The number of Topliss-reactive ketones (excluding diaryl/α,β-unsaturated/α-hetero) is 1. The van der Waals surface area contributed by atoms with E-state index in [-0.39, 0.29) is 36.2 Å². The Hall–Kier alpha value is -2.82. The quantitative estimate of drug-likeness (QED) is 0.593. The second-order valence-electron chi connectivity index (χ2n) is 10.6. The molecular weight excluding hydrogens is 490 g/mol. The molecule has 3 aliphatic rings.